The maximum absolute atomic E-state index is 11.2. The van der Waals surface area contributed by atoms with Crippen LogP contribution in [-0.4, -0.2) is 45.9 Å². The molecule has 1 heterocycles. The van der Waals surface area contributed by atoms with Crippen molar-refractivity contribution in [3.05, 3.63) is 11.9 Å². The number of carbonyl (C=O) groups excluding carboxylic acids is 1. The number of aromatic nitrogens is 3. The molecule has 1 amide bonds. The van der Waals surface area contributed by atoms with Crippen molar-refractivity contribution in [2.45, 2.75) is 27.3 Å². The molecule has 102 valence electrons. The molecule has 3 N–H and O–H groups in total. The number of hydrogen-bond acceptors (Lipinski definition) is 5. The van der Waals surface area contributed by atoms with Gasteiger partial charge in [-0.25, -0.2) is 5.84 Å². The Morgan fingerprint density at radius 3 is 2.78 bits per heavy atom. The van der Waals surface area contributed by atoms with Gasteiger partial charge >= 0.3 is 0 Å². The third kappa shape index (κ3) is 4.80. The van der Waals surface area contributed by atoms with Crippen LogP contribution < -0.4 is 11.3 Å². The molecular weight excluding hydrogens is 232 g/mol. The molecule has 0 bridgehead atoms. The molecule has 18 heavy (non-hydrogen) atoms. The Hall–Kier alpha value is -1.47. The Balaban J connectivity index is 2.44. The van der Waals surface area contributed by atoms with Crippen LogP contribution in [0.3, 0.4) is 0 Å². The Morgan fingerprint density at radius 2 is 2.22 bits per heavy atom. The minimum absolute atomic E-state index is 0.232. The van der Waals surface area contributed by atoms with E-state index in [1.165, 1.54) is 0 Å². The molecule has 0 atom stereocenters. The molecule has 1 rings (SSSR count). The van der Waals surface area contributed by atoms with E-state index in [9.17, 15) is 4.79 Å². The number of hydrogen-bond donors (Lipinski definition) is 2. The molecule has 0 spiro atoms. The first-order valence-corrected chi connectivity index (χ1v) is 5.91. The van der Waals surface area contributed by atoms with Gasteiger partial charge in [0.2, 0.25) is 0 Å². The molecular formula is C11H22N6O. The van der Waals surface area contributed by atoms with E-state index in [0.29, 0.717) is 6.54 Å². The molecule has 0 aliphatic heterocycles. The van der Waals surface area contributed by atoms with E-state index >= 15 is 0 Å². The normalized spacial score (nSPS) is 11.9. The van der Waals surface area contributed by atoms with E-state index in [1.807, 2.05) is 5.43 Å². The van der Waals surface area contributed by atoms with Gasteiger partial charge in [0.05, 0.1) is 12.7 Å². The summed E-state index contributed by atoms with van der Waals surface area (Å²) in [6, 6.07) is 0. The van der Waals surface area contributed by atoms with Crippen molar-refractivity contribution in [3.63, 3.8) is 0 Å². The summed E-state index contributed by atoms with van der Waals surface area (Å²) >= 11 is 0. The minimum atomic E-state index is -0.427. The van der Waals surface area contributed by atoms with Crippen LogP contribution >= 0.6 is 0 Å². The van der Waals surface area contributed by atoms with E-state index in [1.54, 1.807) is 10.9 Å². The summed E-state index contributed by atoms with van der Waals surface area (Å²) in [4.78, 5) is 13.4. The maximum Gasteiger partial charge on any atom is 0.287 e. The van der Waals surface area contributed by atoms with E-state index in [2.05, 4.69) is 43.0 Å². The van der Waals surface area contributed by atoms with Gasteiger partial charge in [-0.3, -0.25) is 14.9 Å². The third-order valence-electron chi connectivity index (χ3n) is 2.36. The number of nitrogens with zero attached hydrogens (tertiary/aromatic N) is 4. The van der Waals surface area contributed by atoms with Gasteiger partial charge in [-0.15, -0.1) is 5.10 Å². The van der Waals surface area contributed by atoms with E-state index in [-0.39, 0.29) is 11.1 Å². The van der Waals surface area contributed by atoms with E-state index in [4.69, 9.17) is 5.84 Å². The van der Waals surface area contributed by atoms with Crippen molar-refractivity contribution in [1.82, 2.24) is 25.3 Å². The average molecular weight is 254 g/mol. The summed E-state index contributed by atoms with van der Waals surface area (Å²) in [5.41, 5.74) is 2.52. The van der Waals surface area contributed by atoms with E-state index < -0.39 is 5.91 Å². The van der Waals surface area contributed by atoms with Crippen LogP contribution in [0.25, 0.3) is 0 Å². The maximum atomic E-state index is 11.2. The fourth-order valence-electron chi connectivity index (χ4n) is 1.75. The highest BCUT2D eigenvalue weighted by atomic mass is 16.2. The SMILES string of the molecule is CN(CCn1cc(C(=O)NN)nn1)CC(C)(C)C. The summed E-state index contributed by atoms with van der Waals surface area (Å²) in [5, 5.41) is 7.62. The number of carbonyl (C=O) groups is 1. The highest BCUT2D eigenvalue weighted by Gasteiger charge is 2.14. The molecule has 1 aromatic heterocycles. The zero-order chi connectivity index (χ0) is 13.8. The molecule has 0 fully saturated rings. The van der Waals surface area contributed by atoms with Gasteiger partial charge in [0.25, 0.3) is 5.91 Å². The summed E-state index contributed by atoms with van der Waals surface area (Å²) in [7, 11) is 2.07. The molecule has 0 aliphatic rings. The second kappa shape index (κ2) is 5.92. The molecule has 7 nitrogen and oxygen atoms in total. The molecule has 0 aromatic carbocycles. The Labute approximate surface area is 107 Å². The summed E-state index contributed by atoms with van der Waals surface area (Å²) in [5.74, 6) is 4.59. The highest BCUT2D eigenvalue weighted by molar-refractivity contribution is 5.91. The summed E-state index contributed by atoms with van der Waals surface area (Å²) in [6.45, 7) is 9.13. The quantitative estimate of drug-likeness (QED) is 0.434. The highest BCUT2D eigenvalue weighted by Crippen LogP contribution is 2.13. The van der Waals surface area contributed by atoms with Crippen LogP contribution in [0.15, 0.2) is 6.20 Å². The zero-order valence-corrected chi connectivity index (χ0v) is 11.5. The molecule has 1 aromatic rings. The number of rotatable bonds is 5. The lowest BCUT2D eigenvalue weighted by Gasteiger charge is -2.26. The monoisotopic (exact) mass is 254 g/mol. The van der Waals surface area contributed by atoms with Gasteiger partial charge in [0.1, 0.15) is 0 Å². The summed E-state index contributed by atoms with van der Waals surface area (Å²) < 4.78 is 1.64. The zero-order valence-electron chi connectivity index (χ0n) is 11.5. The lowest BCUT2D eigenvalue weighted by atomic mass is 9.96. The van der Waals surface area contributed by atoms with Crippen LogP contribution in [0.4, 0.5) is 0 Å². The van der Waals surface area contributed by atoms with Gasteiger partial charge in [0, 0.05) is 13.1 Å². The number of likely N-dealkylation sites (N-methyl/N-ethyl adjacent to an activating group) is 1. The minimum Gasteiger partial charge on any atom is -0.304 e. The van der Waals surface area contributed by atoms with Crippen molar-refractivity contribution >= 4 is 5.91 Å². The first-order chi connectivity index (χ1) is 8.31. The molecule has 0 aliphatic carbocycles. The largest absolute Gasteiger partial charge is 0.304 e. The van der Waals surface area contributed by atoms with Crippen LogP contribution in [0.5, 0.6) is 0 Å². The molecule has 0 saturated heterocycles. The van der Waals surface area contributed by atoms with Crippen LogP contribution in [0.2, 0.25) is 0 Å². The smallest absolute Gasteiger partial charge is 0.287 e. The number of nitrogen functional groups attached to an aromatic ring is 1. The predicted molar refractivity (Wildman–Crippen MR) is 68.6 cm³/mol. The number of hydrazine groups is 1. The standard InChI is InChI=1S/C11H22N6O/c1-11(2,3)8-16(4)5-6-17-7-9(14-15-17)10(18)13-12/h7H,5-6,8,12H2,1-4H3,(H,13,18). The van der Waals surface area contributed by atoms with Crippen LogP contribution in [0.1, 0.15) is 31.3 Å². The van der Waals surface area contributed by atoms with Gasteiger partial charge in [-0.2, -0.15) is 0 Å². The Bertz CT molecular complexity index is 394. The Kier molecular flexibility index (Phi) is 4.80. The molecule has 7 heteroatoms. The van der Waals surface area contributed by atoms with Gasteiger partial charge in [-0.05, 0) is 12.5 Å². The van der Waals surface area contributed by atoms with Crippen molar-refractivity contribution in [3.8, 4) is 0 Å². The lowest BCUT2D eigenvalue weighted by molar-refractivity contribution is 0.0948. The second-order valence-corrected chi connectivity index (χ2v) is 5.64. The lowest BCUT2D eigenvalue weighted by Crippen LogP contribution is -2.32. The van der Waals surface area contributed by atoms with Gasteiger partial charge < -0.3 is 4.90 Å². The van der Waals surface area contributed by atoms with Crippen molar-refractivity contribution in [1.29, 1.82) is 0 Å². The fraction of sp³-hybridized carbons (Fsp3) is 0.727. The average Bonchev–Trinajstić information content (AvgIpc) is 2.71. The van der Waals surface area contributed by atoms with Gasteiger partial charge in [0.15, 0.2) is 5.69 Å². The van der Waals surface area contributed by atoms with Crippen molar-refractivity contribution in [2.75, 3.05) is 20.1 Å². The number of nitrogens with two attached hydrogens (primary N) is 1. The van der Waals surface area contributed by atoms with E-state index in [0.717, 1.165) is 13.1 Å². The first-order valence-electron chi connectivity index (χ1n) is 5.91. The fourth-order valence-corrected chi connectivity index (χ4v) is 1.75. The topological polar surface area (TPSA) is 89.1 Å². The molecule has 0 saturated carbocycles. The molecule has 0 radical (unpaired) electrons. The van der Waals surface area contributed by atoms with Crippen molar-refractivity contribution in [2.24, 2.45) is 11.3 Å². The second-order valence-electron chi connectivity index (χ2n) is 5.64. The predicted octanol–water partition coefficient (Wildman–Crippen LogP) is -0.140. The Morgan fingerprint density at radius 1 is 1.56 bits per heavy atom. The van der Waals surface area contributed by atoms with Crippen LogP contribution in [0, 0.1) is 5.41 Å². The number of amides is 1. The van der Waals surface area contributed by atoms with Crippen LogP contribution in [-0.2, 0) is 6.54 Å². The van der Waals surface area contributed by atoms with Gasteiger partial charge in [-0.1, -0.05) is 26.0 Å². The molecule has 0 unspecified atom stereocenters. The summed E-state index contributed by atoms with van der Waals surface area (Å²) in [6.07, 6.45) is 1.59. The first kappa shape index (κ1) is 14.6. The number of nitrogens with one attached hydrogen (secondary N) is 1. The third-order valence-corrected chi connectivity index (χ3v) is 2.36. The van der Waals surface area contributed by atoms with Crippen molar-refractivity contribution < 1.29 is 4.79 Å².